The van der Waals surface area contributed by atoms with Crippen LogP contribution in [0.25, 0.3) is 17.1 Å². The van der Waals surface area contributed by atoms with E-state index in [-0.39, 0.29) is 54.2 Å². The summed E-state index contributed by atoms with van der Waals surface area (Å²) in [6.07, 6.45) is -5.06. The van der Waals surface area contributed by atoms with E-state index in [2.05, 4.69) is 9.97 Å². The van der Waals surface area contributed by atoms with Crippen molar-refractivity contribution in [3.63, 3.8) is 0 Å². The minimum absolute atomic E-state index is 0.00738. The van der Waals surface area contributed by atoms with E-state index in [0.29, 0.717) is 0 Å². The van der Waals surface area contributed by atoms with Gasteiger partial charge in [0.05, 0.1) is 23.9 Å². The maximum absolute atomic E-state index is 14.9. The highest BCUT2D eigenvalue weighted by molar-refractivity contribution is 6.30. The molecule has 0 bridgehead atoms. The maximum atomic E-state index is 14.9. The average Bonchev–Trinajstić information content (AvgIpc) is 2.83. The van der Waals surface area contributed by atoms with Crippen LogP contribution in [0, 0.1) is 5.82 Å². The lowest BCUT2D eigenvalue weighted by Gasteiger charge is -2.33. The Hall–Kier alpha value is -3.67. The van der Waals surface area contributed by atoms with Crippen molar-refractivity contribution in [3.05, 3.63) is 69.4 Å². The van der Waals surface area contributed by atoms with Crippen LogP contribution in [0.15, 0.2) is 47.3 Å². The third kappa shape index (κ3) is 5.06. The summed E-state index contributed by atoms with van der Waals surface area (Å²) in [6.45, 7) is 1.12. The Morgan fingerprint density at radius 3 is 2.26 bits per heavy atom. The number of amides is 1. The number of hydrogen-bond acceptors (Lipinski definition) is 6. The minimum Gasteiger partial charge on any atom is -0.453 e. The first kappa shape index (κ1) is 24.5. The minimum atomic E-state index is -4.57. The summed E-state index contributed by atoms with van der Waals surface area (Å²) in [5, 5.41) is 0.114. The van der Waals surface area contributed by atoms with E-state index in [9.17, 15) is 27.2 Å². The van der Waals surface area contributed by atoms with Gasteiger partial charge in [-0.25, -0.2) is 18.5 Å². The first-order valence-electron chi connectivity index (χ1n) is 10.3. The lowest BCUT2D eigenvalue weighted by atomic mass is 10.1. The lowest BCUT2D eigenvalue weighted by Crippen LogP contribution is -2.49. The fourth-order valence-electron chi connectivity index (χ4n) is 3.64. The van der Waals surface area contributed by atoms with Crippen molar-refractivity contribution in [2.75, 3.05) is 38.2 Å². The van der Waals surface area contributed by atoms with Crippen LogP contribution in [0.1, 0.15) is 5.56 Å². The van der Waals surface area contributed by atoms with Gasteiger partial charge >= 0.3 is 18.0 Å². The number of alkyl halides is 3. The molecule has 0 unspecified atom stereocenters. The molecule has 184 valence electrons. The molecule has 35 heavy (non-hydrogen) atoms. The molecule has 4 rings (SSSR count). The first-order valence-corrected chi connectivity index (χ1v) is 10.7. The Morgan fingerprint density at radius 1 is 1.03 bits per heavy atom. The van der Waals surface area contributed by atoms with Crippen molar-refractivity contribution < 1.29 is 27.1 Å². The number of aromatic nitrogens is 3. The number of piperazine rings is 1. The maximum Gasteiger partial charge on any atom is 0.416 e. The van der Waals surface area contributed by atoms with E-state index in [1.807, 2.05) is 0 Å². The molecule has 1 amide bonds. The molecule has 0 aliphatic carbocycles. The van der Waals surface area contributed by atoms with Crippen LogP contribution < -0.4 is 10.6 Å². The number of benzene rings is 2. The molecular formula is C22H18ClF4N5O3. The normalized spacial score (nSPS) is 14.2. The van der Waals surface area contributed by atoms with Gasteiger partial charge in [0.25, 0.3) is 0 Å². The van der Waals surface area contributed by atoms with Gasteiger partial charge < -0.3 is 14.5 Å². The summed E-state index contributed by atoms with van der Waals surface area (Å²) in [4.78, 5) is 36.3. The van der Waals surface area contributed by atoms with Crippen LogP contribution in [0.5, 0.6) is 0 Å². The Morgan fingerprint density at radius 2 is 1.69 bits per heavy atom. The van der Waals surface area contributed by atoms with Crippen LogP contribution in [0.4, 0.5) is 28.3 Å². The van der Waals surface area contributed by atoms with Gasteiger partial charge in [0.1, 0.15) is 5.82 Å². The molecule has 2 heterocycles. The van der Waals surface area contributed by atoms with Gasteiger partial charge in [-0.2, -0.15) is 23.1 Å². The molecular weight excluding hydrogens is 494 g/mol. The first-order chi connectivity index (χ1) is 16.6. The Kier molecular flexibility index (Phi) is 6.66. The Balaban J connectivity index is 1.80. The summed E-state index contributed by atoms with van der Waals surface area (Å²) in [7, 11) is 1.27. The van der Waals surface area contributed by atoms with E-state index in [1.165, 1.54) is 24.1 Å². The molecule has 1 fully saturated rings. The van der Waals surface area contributed by atoms with Crippen LogP contribution >= 0.6 is 11.6 Å². The number of ether oxygens (including phenoxy) is 1. The van der Waals surface area contributed by atoms with Gasteiger partial charge in [-0.3, -0.25) is 0 Å². The van der Waals surface area contributed by atoms with E-state index in [4.69, 9.17) is 16.3 Å². The van der Waals surface area contributed by atoms with Crippen LogP contribution in [0.3, 0.4) is 0 Å². The van der Waals surface area contributed by atoms with Crippen molar-refractivity contribution >= 4 is 23.6 Å². The monoisotopic (exact) mass is 511 g/mol. The number of nitrogens with zero attached hydrogens (tertiary/aromatic N) is 5. The van der Waals surface area contributed by atoms with E-state index < -0.39 is 29.3 Å². The summed E-state index contributed by atoms with van der Waals surface area (Å²) >= 11 is 5.86. The predicted molar refractivity (Wildman–Crippen MR) is 119 cm³/mol. The highest BCUT2D eigenvalue weighted by atomic mass is 35.5. The second kappa shape index (κ2) is 9.53. The molecule has 1 aliphatic heterocycles. The van der Waals surface area contributed by atoms with E-state index in [0.717, 1.165) is 34.9 Å². The van der Waals surface area contributed by atoms with Gasteiger partial charge in [0.15, 0.2) is 5.82 Å². The molecule has 0 atom stereocenters. The standard InChI is InChI=1S/C22H18ClF4N5O3/c1-35-21(34)31-10-8-30(9-11-31)19-28-18(16-7-4-14(23)12-17(16)24)32(20(33)29-19)15-5-2-13(3-6-15)22(25,26)27/h2-7,12H,8-11H2,1H3. The Bertz CT molecular complexity index is 1310. The van der Waals surface area contributed by atoms with Gasteiger partial charge in [-0.05, 0) is 42.5 Å². The molecule has 1 aliphatic rings. The second-order valence-corrected chi connectivity index (χ2v) is 8.01. The van der Waals surface area contributed by atoms with Gasteiger partial charge in [-0.15, -0.1) is 0 Å². The molecule has 2 aromatic carbocycles. The number of carbonyl (C=O) groups excluding carboxylic acids is 1. The van der Waals surface area contributed by atoms with Crippen molar-refractivity contribution in [3.8, 4) is 17.1 Å². The SMILES string of the molecule is COC(=O)N1CCN(c2nc(-c3ccc(Cl)cc3F)n(-c3ccc(C(F)(F)F)cc3)c(=O)n2)CC1. The van der Waals surface area contributed by atoms with Crippen molar-refractivity contribution in [2.45, 2.75) is 6.18 Å². The zero-order valence-corrected chi connectivity index (χ0v) is 19.0. The summed E-state index contributed by atoms with van der Waals surface area (Å²) in [6, 6.07) is 7.54. The number of anilines is 1. The molecule has 1 saturated heterocycles. The molecule has 0 radical (unpaired) electrons. The van der Waals surface area contributed by atoms with Crippen LogP contribution in [0.2, 0.25) is 5.02 Å². The number of carbonyl (C=O) groups is 1. The van der Waals surface area contributed by atoms with Crippen molar-refractivity contribution in [1.29, 1.82) is 0 Å². The van der Waals surface area contributed by atoms with Crippen molar-refractivity contribution in [1.82, 2.24) is 19.4 Å². The van der Waals surface area contributed by atoms with Crippen molar-refractivity contribution in [2.24, 2.45) is 0 Å². The predicted octanol–water partition coefficient (Wildman–Crippen LogP) is 3.99. The molecule has 1 aromatic heterocycles. The zero-order chi connectivity index (χ0) is 25.3. The van der Waals surface area contributed by atoms with Gasteiger partial charge in [0.2, 0.25) is 5.95 Å². The van der Waals surface area contributed by atoms with Gasteiger partial charge in [-0.1, -0.05) is 11.6 Å². The zero-order valence-electron chi connectivity index (χ0n) is 18.2. The molecule has 8 nitrogen and oxygen atoms in total. The highest BCUT2D eigenvalue weighted by Gasteiger charge is 2.30. The summed E-state index contributed by atoms with van der Waals surface area (Å²) in [5.74, 6) is -0.950. The molecule has 0 saturated carbocycles. The summed E-state index contributed by atoms with van der Waals surface area (Å²) in [5.41, 5.74) is -1.85. The lowest BCUT2D eigenvalue weighted by molar-refractivity contribution is -0.137. The highest BCUT2D eigenvalue weighted by Crippen LogP contribution is 2.31. The van der Waals surface area contributed by atoms with E-state index in [1.54, 1.807) is 4.90 Å². The summed E-state index contributed by atoms with van der Waals surface area (Å²) < 4.78 is 59.5. The third-order valence-electron chi connectivity index (χ3n) is 5.42. The fraction of sp³-hybridized carbons (Fsp3) is 0.273. The molecule has 13 heteroatoms. The second-order valence-electron chi connectivity index (χ2n) is 7.58. The quantitative estimate of drug-likeness (QED) is 0.495. The van der Waals surface area contributed by atoms with Crippen LogP contribution in [-0.2, 0) is 10.9 Å². The molecule has 3 aromatic rings. The van der Waals surface area contributed by atoms with Gasteiger partial charge in [0, 0.05) is 31.2 Å². The fourth-order valence-corrected chi connectivity index (χ4v) is 3.80. The topological polar surface area (TPSA) is 80.6 Å². The number of rotatable bonds is 3. The number of hydrogen-bond donors (Lipinski definition) is 0. The molecule has 0 N–H and O–H groups in total. The third-order valence-corrected chi connectivity index (χ3v) is 5.66. The number of halogens is 5. The molecule has 0 spiro atoms. The smallest absolute Gasteiger partial charge is 0.416 e. The van der Waals surface area contributed by atoms with Crippen LogP contribution in [-0.4, -0.2) is 58.8 Å². The average molecular weight is 512 g/mol. The van der Waals surface area contributed by atoms with E-state index >= 15 is 0 Å². The Labute approximate surface area is 201 Å². The largest absolute Gasteiger partial charge is 0.453 e. The number of methoxy groups -OCH3 is 1.